The van der Waals surface area contributed by atoms with Gasteiger partial charge in [-0.25, -0.2) is 18.1 Å². The van der Waals surface area contributed by atoms with Gasteiger partial charge < -0.3 is 9.47 Å². The van der Waals surface area contributed by atoms with Crippen molar-refractivity contribution in [3.8, 4) is 0 Å². The largest absolute Gasteiger partial charge is 0.334 e. The highest BCUT2D eigenvalue weighted by Gasteiger charge is 2.28. The number of thiophene rings is 1. The minimum Gasteiger partial charge on any atom is -0.334 e. The molecule has 2 aromatic rings. The average Bonchev–Trinajstić information content (AvgIpc) is 3.14. The molecule has 124 valence electrons. The summed E-state index contributed by atoms with van der Waals surface area (Å²) in [5.41, 5.74) is 1.92. The van der Waals surface area contributed by atoms with Gasteiger partial charge in [0, 0.05) is 19.3 Å². The predicted molar refractivity (Wildman–Crippen MR) is 87.6 cm³/mol. The number of hydrogen-bond donors (Lipinski definition) is 1. The zero-order valence-corrected chi connectivity index (χ0v) is 14.3. The smallest absolute Gasteiger partial charge is 0.227 e. The van der Waals surface area contributed by atoms with Crippen molar-refractivity contribution in [3.63, 3.8) is 0 Å². The Morgan fingerprint density at radius 3 is 3.04 bits per heavy atom. The molecule has 0 fully saturated rings. The van der Waals surface area contributed by atoms with Crippen molar-refractivity contribution in [2.45, 2.75) is 19.0 Å². The second-order valence-corrected chi connectivity index (χ2v) is 8.26. The predicted octanol–water partition coefficient (Wildman–Crippen LogP) is 0.620. The summed E-state index contributed by atoms with van der Waals surface area (Å²) >= 11 is 1.57. The minimum atomic E-state index is -3.27. The highest BCUT2D eigenvalue weighted by Crippen LogP contribution is 2.21. The zero-order chi connectivity index (χ0) is 16.4. The van der Waals surface area contributed by atoms with E-state index in [0.29, 0.717) is 19.5 Å². The molecule has 1 N–H and O–H groups in total. The zero-order valence-electron chi connectivity index (χ0n) is 12.7. The summed E-state index contributed by atoms with van der Waals surface area (Å²) < 4.78 is 27.1. The number of carbonyl (C=O) groups is 1. The molecular weight excluding hydrogens is 336 g/mol. The Balaban J connectivity index is 1.73. The molecule has 3 heterocycles. The Morgan fingerprint density at radius 1 is 1.52 bits per heavy atom. The lowest BCUT2D eigenvalue weighted by Gasteiger charge is -2.34. The van der Waals surface area contributed by atoms with Gasteiger partial charge in [-0.2, -0.15) is 11.3 Å². The Kier molecular flexibility index (Phi) is 4.51. The van der Waals surface area contributed by atoms with Crippen LogP contribution in [0, 0.1) is 0 Å². The Bertz CT molecular complexity index is 783. The second-order valence-electron chi connectivity index (χ2n) is 5.65. The van der Waals surface area contributed by atoms with Crippen LogP contribution in [-0.4, -0.2) is 48.1 Å². The third-order valence-electron chi connectivity index (χ3n) is 3.79. The van der Waals surface area contributed by atoms with Gasteiger partial charge in [-0.3, -0.25) is 4.79 Å². The van der Waals surface area contributed by atoms with Crippen LogP contribution in [0.5, 0.6) is 0 Å². The third kappa shape index (κ3) is 3.98. The number of rotatable bonds is 5. The first-order valence-electron chi connectivity index (χ1n) is 7.16. The fraction of sp³-hybridized carbons (Fsp3) is 0.429. The van der Waals surface area contributed by atoms with Crippen LogP contribution in [0.4, 0.5) is 0 Å². The van der Waals surface area contributed by atoms with Gasteiger partial charge in [0.25, 0.3) is 0 Å². The summed E-state index contributed by atoms with van der Waals surface area (Å²) in [5.74, 6) is 0.0419. The summed E-state index contributed by atoms with van der Waals surface area (Å²) in [6.45, 7) is 1.21. The molecule has 1 amide bonds. The maximum absolute atomic E-state index is 12.5. The van der Waals surface area contributed by atoms with E-state index >= 15 is 0 Å². The molecule has 1 aliphatic heterocycles. The van der Waals surface area contributed by atoms with Crippen LogP contribution >= 0.6 is 11.3 Å². The molecule has 0 spiro atoms. The Morgan fingerprint density at radius 2 is 2.35 bits per heavy atom. The van der Waals surface area contributed by atoms with E-state index in [-0.39, 0.29) is 18.5 Å². The van der Waals surface area contributed by atoms with Gasteiger partial charge in [0.15, 0.2) is 0 Å². The van der Waals surface area contributed by atoms with Crippen LogP contribution in [0.2, 0.25) is 0 Å². The standard InChI is InChI=1S/C14H18N4O3S2/c1-23(20,21)16-6-13-8-17(7-12-5-15-10-18(12)13)14(19)4-11-2-3-22-9-11/h2-3,5,9-10,13,16H,4,6-8H2,1H3/t13-/m1/s1. The lowest BCUT2D eigenvalue weighted by molar-refractivity contribution is -0.132. The molecule has 0 aromatic carbocycles. The van der Waals surface area contributed by atoms with Gasteiger partial charge in [-0.1, -0.05) is 0 Å². The lowest BCUT2D eigenvalue weighted by Crippen LogP contribution is -2.45. The van der Waals surface area contributed by atoms with Gasteiger partial charge in [0.2, 0.25) is 15.9 Å². The molecule has 0 aliphatic carbocycles. The highest BCUT2D eigenvalue weighted by molar-refractivity contribution is 7.88. The number of nitrogens with one attached hydrogen (secondary N) is 1. The van der Waals surface area contributed by atoms with Gasteiger partial charge >= 0.3 is 0 Å². The van der Waals surface area contributed by atoms with Crippen LogP contribution in [0.25, 0.3) is 0 Å². The molecule has 0 radical (unpaired) electrons. The number of hydrogen-bond acceptors (Lipinski definition) is 5. The van der Waals surface area contributed by atoms with Gasteiger partial charge in [-0.05, 0) is 22.4 Å². The van der Waals surface area contributed by atoms with E-state index in [4.69, 9.17) is 0 Å². The van der Waals surface area contributed by atoms with E-state index in [2.05, 4.69) is 9.71 Å². The molecule has 9 heteroatoms. The molecule has 1 atom stereocenters. The monoisotopic (exact) mass is 354 g/mol. The van der Waals surface area contributed by atoms with Crippen LogP contribution in [-0.2, 0) is 27.8 Å². The summed E-state index contributed by atoms with van der Waals surface area (Å²) in [5, 5.41) is 3.92. The molecule has 0 saturated heterocycles. The molecule has 3 rings (SSSR count). The maximum Gasteiger partial charge on any atom is 0.227 e. The molecule has 0 saturated carbocycles. The van der Waals surface area contributed by atoms with Crippen molar-refractivity contribution in [2.24, 2.45) is 0 Å². The number of carbonyl (C=O) groups excluding carboxylic acids is 1. The number of nitrogens with zero attached hydrogens (tertiary/aromatic N) is 3. The first-order chi connectivity index (χ1) is 10.9. The third-order valence-corrected chi connectivity index (χ3v) is 5.22. The summed E-state index contributed by atoms with van der Waals surface area (Å²) in [4.78, 5) is 18.4. The molecule has 0 unspecified atom stereocenters. The van der Waals surface area contributed by atoms with Crippen molar-refractivity contribution in [1.29, 1.82) is 0 Å². The second kappa shape index (κ2) is 6.42. The Hall–Kier alpha value is -1.71. The van der Waals surface area contributed by atoms with E-state index in [1.807, 2.05) is 21.4 Å². The molecular formula is C14H18N4O3S2. The lowest BCUT2D eigenvalue weighted by atomic mass is 10.1. The molecule has 0 bridgehead atoms. The van der Waals surface area contributed by atoms with Gasteiger partial charge in [0.05, 0.1) is 37.3 Å². The fourth-order valence-corrected chi connectivity index (χ4v) is 3.83. The maximum atomic E-state index is 12.5. The topological polar surface area (TPSA) is 84.3 Å². The molecule has 1 aliphatic rings. The number of imidazole rings is 1. The minimum absolute atomic E-state index is 0.0419. The van der Waals surface area contributed by atoms with Crippen LogP contribution < -0.4 is 4.72 Å². The first-order valence-corrected chi connectivity index (χ1v) is 10.00. The van der Waals surface area contributed by atoms with Crippen molar-refractivity contribution in [2.75, 3.05) is 19.3 Å². The average molecular weight is 354 g/mol. The van der Waals surface area contributed by atoms with Crippen LogP contribution in [0.3, 0.4) is 0 Å². The van der Waals surface area contributed by atoms with Crippen molar-refractivity contribution in [3.05, 3.63) is 40.6 Å². The summed E-state index contributed by atoms with van der Waals surface area (Å²) in [7, 11) is -3.27. The number of sulfonamides is 1. The van der Waals surface area contributed by atoms with Crippen LogP contribution in [0.15, 0.2) is 29.4 Å². The molecule has 7 nitrogen and oxygen atoms in total. The van der Waals surface area contributed by atoms with Crippen molar-refractivity contribution >= 4 is 27.3 Å². The molecule has 2 aromatic heterocycles. The van der Waals surface area contributed by atoms with Crippen molar-refractivity contribution < 1.29 is 13.2 Å². The normalized spacial score (nSPS) is 18.0. The highest BCUT2D eigenvalue weighted by atomic mass is 32.2. The molecule has 23 heavy (non-hydrogen) atoms. The van der Waals surface area contributed by atoms with E-state index < -0.39 is 10.0 Å². The van der Waals surface area contributed by atoms with E-state index in [9.17, 15) is 13.2 Å². The van der Waals surface area contributed by atoms with Crippen LogP contribution in [0.1, 0.15) is 17.3 Å². The van der Waals surface area contributed by atoms with Crippen molar-refractivity contribution in [1.82, 2.24) is 19.2 Å². The number of fused-ring (bicyclic) bond motifs is 1. The number of aromatic nitrogens is 2. The first kappa shape index (κ1) is 16.2. The van der Waals surface area contributed by atoms with Gasteiger partial charge in [-0.15, -0.1) is 0 Å². The summed E-state index contributed by atoms with van der Waals surface area (Å²) in [6, 6.07) is 1.79. The van der Waals surface area contributed by atoms with E-state index in [1.54, 1.807) is 28.8 Å². The summed E-state index contributed by atoms with van der Waals surface area (Å²) in [6.07, 6.45) is 4.90. The van der Waals surface area contributed by atoms with Gasteiger partial charge in [0.1, 0.15) is 0 Å². The van der Waals surface area contributed by atoms with E-state index in [0.717, 1.165) is 17.5 Å². The number of amides is 1. The quantitative estimate of drug-likeness (QED) is 0.853. The fourth-order valence-electron chi connectivity index (χ4n) is 2.67. The Labute approximate surface area is 139 Å². The SMILES string of the molecule is CS(=O)(=O)NC[C@@H]1CN(C(=O)Cc2ccsc2)Cc2cncn21. The van der Waals surface area contributed by atoms with E-state index in [1.165, 1.54) is 0 Å².